The van der Waals surface area contributed by atoms with Gasteiger partial charge in [-0.25, -0.2) is 0 Å². The van der Waals surface area contributed by atoms with E-state index in [2.05, 4.69) is 17.1 Å². The van der Waals surface area contributed by atoms with Gasteiger partial charge in [-0.3, -0.25) is 4.79 Å². The molecule has 0 aliphatic carbocycles. The molecule has 1 heterocycles. The molecule has 20 heavy (non-hydrogen) atoms. The van der Waals surface area contributed by atoms with Crippen molar-refractivity contribution in [3.05, 3.63) is 11.7 Å². The number of hydrogen-bond acceptors (Lipinski definition) is 5. The van der Waals surface area contributed by atoms with Crippen molar-refractivity contribution in [3.8, 4) is 0 Å². The Morgan fingerprint density at radius 1 is 1.40 bits per heavy atom. The van der Waals surface area contributed by atoms with Crippen LogP contribution in [0.2, 0.25) is 0 Å². The van der Waals surface area contributed by atoms with Crippen LogP contribution in [0.1, 0.15) is 64.3 Å². The summed E-state index contributed by atoms with van der Waals surface area (Å²) < 4.78 is 10.5. The van der Waals surface area contributed by atoms with Crippen molar-refractivity contribution in [3.63, 3.8) is 0 Å². The molecule has 1 aromatic rings. The molecule has 0 spiro atoms. The zero-order chi connectivity index (χ0) is 15.2. The number of hydrogen-bond donors (Lipinski definition) is 1. The van der Waals surface area contributed by atoms with Crippen LogP contribution in [-0.2, 0) is 16.0 Å². The van der Waals surface area contributed by atoms with Gasteiger partial charge in [0.25, 0.3) is 0 Å². The third kappa shape index (κ3) is 3.56. The van der Waals surface area contributed by atoms with E-state index in [1.807, 2.05) is 13.8 Å². The molecule has 0 aromatic carbocycles. The molecule has 0 amide bonds. The molecule has 1 atom stereocenters. The molecule has 6 heteroatoms. The van der Waals surface area contributed by atoms with Crippen LogP contribution >= 0.6 is 0 Å². The Morgan fingerprint density at radius 3 is 2.50 bits per heavy atom. The number of aromatic nitrogens is 2. The fourth-order valence-electron chi connectivity index (χ4n) is 2.25. The Hall–Kier alpha value is -1.43. The molecule has 1 rings (SSSR count). The van der Waals surface area contributed by atoms with Gasteiger partial charge in [0.1, 0.15) is 6.10 Å². The topological polar surface area (TPSA) is 85.5 Å². The third-order valence-corrected chi connectivity index (χ3v) is 3.90. The third-order valence-electron chi connectivity index (χ3n) is 3.90. The lowest BCUT2D eigenvalue weighted by atomic mass is 9.79. The van der Waals surface area contributed by atoms with E-state index in [0.29, 0.717) is 24.6 Å². The maximum Gasteiger partial charge on any atom is 0.310 e. The number of carboxylic acid groups (broad SMARTS) is 1. The van der Waals surface area contributed by atoms with Crippen molar-refractivity contribution in [2.45, 2.75) is 59.0 Å². The number of methoxy groups -OCH3 is 1. The predicted octanol–water partition coefficient (Wildman–Crippen LogP) is 2.99. The Bertz CT molecular complexity index is 427. The molecule has 0 aliphatic rings. The number of nitrogens with zero attached hydrogens (tertiary/aromatic N) is 2. The van der Waals surface area contributed by atoms with Crippen LogP contribution in [0.5, 0.6) is 0 Å². The first-order chi connectivity index (χ1) is 9.52. The highest BCUT2D eigenvalue weighted by molar-refractivity contribution is 5.74. The number of ether oxygens (including phenoxy) is 1. The molecule has 0 aliphatic heterocycles. The molecule has 0 radical (unpaired) electrons. The van der Waals surface area contributed by atoms with Gasteiger partial charge in [0.05, 0.1) is 5.41 Å². The lowest BCUT2D eigenvalue weighted by Crippen LogP contribution is -2.32. The lowest BCUT2D eigenvalue weighted by molar-refractivity contribution is -0.149. The average Bonchev–Trinajstić information content (AvgIpc) is 2.90. The Labute approximate surface area is 119 Å². The summed E-state index contributed by atoms with van der Waals surface area (Å²) in [5.74, 6) is 0.0409. The smallest absolute Gasteiger partial charge is 0.310 e. The largest absolute Gasteiger partial charge is 0.481 e. The normalized spacial score (nSPS) is 13.4. The minimum atomic E-state index is -0.836. The molecule has 0 saturated carbocycles. The van der Waals surface area contributed by atoms with Gasteiger partial charge in [0.2, 0.25) is 11.7 Å². The van der Waals surface area contributed by atoms with Crippen LogP contribution in [-0.4, -0.2) is 28.3 Å². The summed E-state index contributed by atoms with van der Waals surface area (Å²) in [7, 11) is 1.61. The van der Waals surface area contributed by atoms with Gasteiger partial charge in [-0.2, -0.15) is 4.98 Å². The Kier molecular flexibility index (Phi) is 6.13. The van der Waals surface area contributed by atoms with E-state index in [-0.39, 0.29) is 12.5 Å². The number of rotatable bonds is 9. The highest BCUT2D eigenvalue weighted by atomic mass is 16.5. The van der Waals surface area contributed by atoms with E-state index in [1.54, 1.807) is 7.11 Å². The van der Waals surface area contributed by atoms with Gasteiger partial charge in [0, 0.05) is 13.5 Å². The summed E-state index contributed by atoms with van der Waals surface area (Å²) in [6.45, 7) is 5.78. The summed E-state index contributed by atoms with van der Waals surface area (Å²) in [4.78, 5) is 15.8. The van der Waals surface area contributed by atoms with Gasteiger partial charge in [0.15, 0.2) is 0 Å². The highest BCUT2D eigenvalue weighted by Crippen LogP contribution is 2.31. The van der Waals surface area contributed by atoms with Gasteiger partial charge in [-0.1, -0.05) is 32.3 Å². The molecule has 114 valence electrons. The summed E-state index contributed by atoms with van der Waals surface area (Å²) in [6, 6.07) is 0. The molecule has 1 aromatic heterocycles. The van der Waals surface area contributed by atoms with Crippen LogP contribution in [0.25, 0.3) is 0 Å². The number of carbonyl (C=O) groups is 1. The van der Waals surface area contributed by atoms with E-state index in [4.69, 9.17) is 9.26 Å². The lowest BCUT2D eigenvalue weighted by Gasteiger charge is -2.24. The predicted molar refractivity (Wildman–Crippen MR) is 73.3 cm³/mol. The first-order valence-electron chi connectivity index (χ1n) is 7.11. The van der Waals surface area contributed by atoms with Crippen LogP contribution in [0.4, 0.5) is 0 Å². The van der Waals surface area contributed by atoms with Gasteiger partial charge >= 0.3 is 5.97 Å². The van der Waals surface area contributed by atoms with Crippen molar-refractivity contribution >= 4 is 5.97 Å². The summed E-state index contributed by atoms with van der Waals surface area (Å²) in [5, 5.41) is 13.3. The molecule has 1 N–H and O–H groups in total. The second-order valence-electron chi connectivity index (χ2n) is 5.03. The zero-order valence-corrected chi connectivity index (χ0v) is 12.7. The van der Waals surface area contributed by atoms with Gasteiger partial charge < -0.3 is 14.4 Å². The monoisotopic (exact) mass is 284 g/mol. The maximum atomic E-state index is 11.5. The van der Waals surface area contributed by atoms with E-state index in [1.165, 1.54) is 0 Å². The van der Waals surface area contributed by atoms with Crippen LogP contribution in [0, 0.1) is 5.41 Å². The van der Waals surface area contributed by atoms with Crippen LogP contribution in [0.15, 0.2) is 4.52 Å². The standard InChI is InChI=1S/C14H24N2O4/c1-5-8-10(19-4)12-15-11(20-16-12)9-14(6-2,7-3)13(17)18/h10H,5-9H2,1-4H3,(H,17,18). The van der Waals surface area contributed by atoms with Crippen molar-refractivity contribution in [1.82, 2.24) is 10.1 Å². The highest BCUT2D eigenvalue weighted by Gasteiger charge is 2.37. The number of aliphatic carboxylic acids is 1. The van der Waals surface area contributed by atoms with E-state index in [0.717, 1.165) is 12.8 Å². The fraction of sp³-hybridized carbons (Fsp3) is 0.786. The first-order valence-corrected chi connectivity index (χ1v) is 7.11. The van der Waals surface area contributed by atoms with E-state index in [9.17, 15) is 9.90 Å². The Balaban J connectivity index is 2.88. The zero-order valence-electron chi connectivity index (χ0n) is 12.7. The van der Waals surface area contributed by atoms with Crippen molar-refractivity contribution in [2.24, 2.45) is 5.41 Å². The number of carboxylic acids is 1. The first kappa shape index (κ1) is 16.6. The second kappa shape index (κ2) is 7.38. The van der Waals surface area contributed by atoms with Gasteiger partial charge in [-0.05, 0) is 19.3 Å². The molecule has 6 nitrogen and oxygen atoms in total. The maximum absolute atomic E-state index is 11.5. The Morgan fingerprint density at radius 2 is 2.05 bits per heavy atom. The summed E-state index contributed by atoms with van der Waals surface area (Å²) in [6.07, 6.45) is 2.87. The molecule has 1 unspecified atom stereocenters. The minimum Gasteiger partial charge on any atom is -0.481 e. The average molecular weight is 284 g/mol. The van der Waals surface area contributed by atoms with Crippen molar-refractivity contribution in [2.75, 3.05) is 7.11 Å². The second-order valence-corrected chi connectivity index (χ2v) is 5.03. The van der Waals surface area contributed by atoms with Gasteiger partial charge in [-0.15, -0.1) is 0 Å². The minimum absolute atomic E-state index is 0.194. The summed E-state index contributed by atoms with van der Waals surface area (Å²) >= 11 is 0. The summed E-state index contributed by atoms with van der Waals surface area (Å²) in [5.41, 5.74) is -0.836. The van der Waals surface area contributed by atoms with Crippen LogP contribution in [0.3, 0.4) is 0 Å². The molecular formula is C14H24N2O4. The van der Waals surface area contributed by atoms with Crippen molar-refractivity contribution < 1.29 is 19.2 Å². The SMILES string of the molecule is CCCC(OC)c1noc(CC(CC)(CC)C(=O)O)n1. The van der Waals surface area contributed by atoms with Crippen molar-refractivity contribution in [1.29, 1.82) is 0 Å². The van der Waals surface area contributed by atoms with E-state index < -0.39 is 11.4 Å². The quantitative estimate of drug-likeness (QED) is 0.750. The molecule has 0 fully saturated rings. The fourth-order valence-corrected chi connectivity index (χ4v) is 2.25. The van der Waals surface area contributed by atoms with E-state index >= 15 is 0 Å². The van der Waals surface area contributed by atoms with Crippen LogP contribution < -0.4 is 0 Å². The molecular weight excluding hydrogens is 260 g/mol. The molecule has 0 saturated heterocycles. The molecule has 0 bridgehead atoms.